The number of imidazole rings is 1. The molecule has 168 valence electrons. The van der Waals surface area contributed by atoms with Crippen molar-refractivity contribution in [1.82, 2.24) is 34.4 Å². The van der Waals surface area contributed by atoms with Crippen LogP contribution < -0.4 is 0 Å². The van der Waals surface area contributed by atoms with Crippen molar-refractivity contribution in [2.45, 2.75) is 5.16 Å². The van der Waals surface area contributed by atoms with Crippen molar-refractivity contribution in [3.8, 4) is 11.3 Å². The molecule has 0 spiro atoms. The predicted molar refractivity (Wildman–Crippen MR) is 121 cm³/mol. The van der Waals surface area contributed by atoms with Crippen molar-refractivity contribution in [2.24, 2.45) is 0 Å². The number of rotatable bonds is 4. The minimum atomic E-state index is -3.83. The molecule has 1 fully saturated rings. The molecule has 3 aromatic heterocycles. The number of aromatic nitrogens is 5. The Kier molecular flexibility index (Phi) is 5.52. The van der Waals surface area contributed by atoms with Gasteiger partial charge < -0.3 is 9.88 Å². The van der Waals surface area contributed by atoms with Crippen LogP contribution in [-0.2, 0) is 10.0 Å². The molecular formula is C21H18ClN7O3S. The van der Waals surface area contributed by atoms with Crippen molar-refractivity contribution in [3.05, 3.63) is 65.6 Å². The molecule has 33 heavy (non-hydrogen) atoms. The Balaban J connectivity index is 1.26. The molecule has 1 aliphatic rings. The summed E-state index contributed by atoms with van der Waals surface area (Å²) >= 11 is 5.97. The van der Waals surface area contributed by atoms with Crippen molar-refractivity contribution in [1.29, 1.82) is 0 Å². The molecule has 0 unspecified atom stereocenters. The lowest BCUT2D eigenvalue weighted by Gasteiger charge is -2.33. The second kappa shape index (κ2) is 8.50. The SMILES string of the molecule is O=C(c1ccc(-c2ccncc2)nn1)N1CCN(S(=O)(=O)c2nc3ccc(Cl)cc3[nH]2)CC1. The number of halogens is 1. The van der Waals surface area contributed by atoms with E-state index in [0.29, 0.717) is 21.7 Å². The summed E-state index contributed by atoms with van der Waals surface area (Å²) in [4.78, 5) is 25.4. The van der Waals surface area contributed by atoms with Gasteiger partial charge in [-0.1, -0.05) is 11.6 Å². The highest BCUT2D eigenvalue weighted by molar-refractivity contribution is 7.89. The predicted octanol–water partition coefficient (Wildman–Crippen LogP) is 2.21. The van der Waals surface area contributed by atoms with Crippen LogP contribution in [0.25, 0.3) is 22.3 Å². The first kappa shape index (κ1) is 21.4. The summed E-state index contributed by atoms with van der Waals surface area (Å²) < 4.78 is 27.4. The van der Waals surface area contributed by atoms with E-state index in [1.165, 1.54) is 4.31 Å². The Morgan fingerprint density at radius 2 is 1.73 bits per heavy atom. The molecule has 1 aromatic carbocycles. The standard InChI is InChI=1S/C21H18ClN7O3S/c22-15-1-2-17-19(13-15)25-21(24-17)33(31,32)29-11-9-28(10-12-29)20(30)18-4-3-16(26-27-18)14-5-7-23-8-6-14/h1-8,13H,9-12H2,(H,24,25). The number of H-pyrrole nitrogens is 1. The molecule has 1 amide bonds. The van der Waals surface area contributed by atoms with E-state index < -0.39 is 10.0 Å². The largest absolute Gasteiger partial charge is 0.335 e. The number of nitrogens with zero attached hydrogens (tertiary/aromatic N) is 6. The Hall–Kier alpha value is -3.41. The highest BCUT2D eigenvalue weighted by Gasteiger charge is 2.33. The summed E-state index contributed by atoms with van der Waals surface area (Å²) in [7, 11) is -3.83. The molecule has 0 atom stereocenters. The zero-order valence-corrected chi connectivity index (χ0v) is 18.8. The number of hydrogen-bond acceptors (Lipinski definition) is 7. The number of aromatic amines is 1. The topological polar surface area (TPSA) is 125 Å². The second-order valence-corrected chi connectivity index (χ2v) is 9.73. The van der Waals surface area contributed by atoms with Gasteiger partial charge in [0.25, 0.3) is 15.9 Å². The van der Waals surface area contributed by atoms with E-state index in [2.05, 4.69) is 25.1 Å². The maximum Gasteiger partial charge on any atom is 0.276 e. The number of carbonyl (C=O) groups is 1. The zero-order valence-electron chi connectivity index (χ0n) is 17.2. The van der Waals surface area contributed by atoms with Crippen LogP contribution in [0, 0.1) is 0 Å². The third-order valence-electron chi connectivity index (χ3n) is 5.39. The van der Waals surface area contributed by atoms with E-state index in [1.54, 1.807) is 47.6 Å². The quantitative estimate of drug-likeness (QED) is 0.471. The maximum absolute atomic E-state index is 13.0. The van der Waals surface area contributed by atoms with Gasteiger partial charge in [-0.2, -0.15) is 4.31 Å². The normalized spacial score (nSPS) is 15.1. The van der Waals surface area contributed by atoms with Gasteiger partial charge in [-0.05, 0) is 42.5 Å². The Morgan fingerprint density at radius 1 is 0.970 bits per heavy atom. The smallest absolute Gasteiger partial charge is 0.276 e. The number of hydrogen-bond donors (Lipinski definition) is 1. The van der Waals surface area contributed by atoms with Crippen LogP contribution >= 0.6 is 11.6 Å². The van der Waals surface area contributed by atoms with Crippen molar-refractivity contribution < 1.29 is 13.2 Å². The van der Waals surface area contributed by atoms with Crippen LogP contribution in [0.4, 0.5) is 0 Å². The summed E-state index contributed by atoms with van der Waals surface area (Å²) in [5.41, 5.74) is 2.75. The molecular weight excluding hydrogens is 466 g/mol. The number of benzene rings is 1. The van der Waals surface area contributed by atoms with E-state index in [4.69, 9.17) is 11.6 Å². The first-order chi connectivity index (χ1) is 15.9. The third-order valence-corrected chi connectivity index (χ3v) is 7.35. The van der Waals surface area contributed by atoms with Crippen LogP contribution in [0.2, 0.25) is 5.02 Å². The lowest BCUT2D eigenvalue weighted by molar-refractivity contribution is 0.0690. The molecule has 10 nitrogen and oxygen atoms in total. The Morgan fingerprint density at radius 3 is 2.42 bits per heavy atom. The van der Waals surface area contributed by atoms with Gasteiger partial charge in [0.05, 0.1) is 16.7 Å². The average molecular weight is 484 g/mol. The number of fused-ring (bicyclic) bond motifs is 1. The number of amides is 1. The van der Waals surface area contributed by atoms with Crippen LogP contribution in [0.1, 0.15) is 10.5 Å². The fourth-order valence-electron chi connectivity index (χ4n) is 3.62. The molecule has 0 bridgehead atoms. The van der Waals surface area contributed by atoms with E-state index in [0.717, 1.165) is 5.56 Å². The fraction of sp³-hybridized carbons (Fsp3) is 0.190. The highest BCUT2D eigenvalue weighted by atomic mass is 35.5. The van der Waals surface area contributed by atoms with Crippen LogP contribution in [0.15, 0.2) is 60.0 Å². The zero-order chi connectivity index (χ0) is 23.0. The third kappa shape index (κ3) is 4.17. The van der Waals surface area contributed by atoms with Gasteiger partial charge in [0, 0.05) is 49.2 Å². The lowest BCUT2D eigenvalue weighted by Crippen LogP contribution is -2.50. The first-order valence-electron chi connectivity index (χ1n) is 10.1. The van der Waals surface area contributed by atoms with Gasteiger partial charge in [0.1, 0.15) is 0 Å². The molecule has 1 aliphatic heterocycles. The summed E-state index contributed by atoms with van der Waals surface area (Å²) in [5, 5.41) is 8.53. The molecule has 0 saturated carbocycles. The molecule has 1 saturated heterocycles. The number of nitrogens with one attached hydrogen (secondary N) is 1. The van der Waals surface area contributed by atoms with Gasteiger partial charge in [-0.25, -0.2) is 13.4 Å². The number of pyridine rings is 1. The first-order valence-corrected chi connectivity index (χ1v) is 11.9. The summed E-state index contributed by atoms with van der Waals surface area (Å²) in [5.74, 6) is -0.292. The summed E-state index contributed by atoms with van der Waals surface area (Å²) in [6.07, 6.45) is 3.31. The van der Waals surface area contributed by atoms with Crippen LogP contribution in [-0.4, -0.2) is 74.9 Å². The van der Waals surface area contributed by atoms with Gasteiger partial charge in [0.2, 0.25) is 5.16 Å². The number of sulfonamides is 1. The number of carbonyl (C=O) groups excluding carboxylic acids is 1. The van der Waals surface area contributed by atoms with Gasteiger partial charge in [-0.3, -0.25) is 9.78 Å². The maximum atomic E-state index is 13.0. The molecule has 4 heterocycles. The van der Waals surface area contributed by atoms with Gasteiger partial charge in [-0.15, -0.1) is 10.2 Å². The number of piperazine rings is 1. The summed E-state index contributed by atoms with van der Waals surface area (Å²) in [6.45, 7) is 0.763. The van der Waals surface area contributed by atoms with Crippen molar-refractivity contribution >= 4 is 38.6 Å². The van der Waals surface area contributed by atoms with Crippen LogP contribution in [0.5, 0.6) is 0 Å². The lowest BCUT2D eigenvalue weighted by atomic mass is 10.2. The van der Waals surface area contributed by atoms with Gasteiger partial charge in [0.15, 0.2) is 5.69 Å². The molecule has 0 aliphatic carbocycles. The Labute approximate surface area is 194 Å². The molecule has 4 aromatic rings. The minimum Gasteiger partial charge on any atom is -0.335 e. The average Bonchev–Trinajstić information content (AvgIpc) is 3.28. The highest BCUT2D eigenvalue weighted by Crippen LogP contribution is 2.22. The van der Waals surface area contributed by atoms with Crippen molar-refractivity contribution in [2.75, 3.05) is 26.2 Å². The monoisotopic (exact) mass is 483 g/mol. The Bertz CT molecular complexity index is 1420. The molecule has 5 rings (SSSR count). The van der Waals surface area contributed by atoms with E-state index in [-0.39, 0.29) is 42.9 Å². The summed E-state index contributed by atoms with van der Waals surface area (Å²) in [6, 6.07) is 11.9. The van der Waals surface area contributed by atoms with Gasteiger partial charge >= 0.3 is 0 Å². The molecule has 12 heteroatoms. The van der Waals surface area contributed by atoms with E-state index >= 15 is 0 Å². The molecule has 1 N–H and O–H groups in total. The van der Waals surface area contributed by atoms with E-state index in [1.807, 2.05) is 12.1 Å². The molecule has 0 radical (unpaired) electrons. The fourth-order valence-corrected chi connectivity index (χ4v) is 5.13. The van der Waals surface area contributed by atoms with Crippen molar-refractivity contribution in [3.63, 3.8) is 0 Å². The minimum absolute atomic E-state index is 0.142. The second-order valence-electron chi connectivity index (χ2n) is 7.44. The van der Waals surface area contributed by atoms with E-state index in [9.17, 15) is 13.2 Å². The van der Waals surface area contributed by atoms with Crippen LogP contribution in [0.3, 0.4) is 0 Å².